The molecule has 9 heteroatoms. The third kappa shape index (κ3) is 3.78. The number of halogens is 2. The van der Waals surface area contributed by atoms with Crippen LogP contribution in [0.4, 0.5) is 8.78 Å². The molecule has 1 amide bonds. The van der Waals surface area contributed by atoms with Crippen LogP contribution in [0.5, 0.6) is 0 Å². The molecule has 0 radical (unpaired) electrons. The predicted molar refractivity (Wildman–Crippen MR) is 68.6 cm³/mol. The first-order chi connectivity index (χ1) is 10.1. The lowest BCUT2D eigenvalue weighted by atomic mass is 10.1. The van der Waals surface area contributed by atoms with E-state index in [0.29, 0.717) is 11.4 Å². The molecule has 0 saturated carbocycles. The van der Waals surface area contributed by atoms with Crippen molar-refractivity contribution in [2.45, 2.75) is 6.43 Å². The number of rotatable bonds is 6. The van der Waals surface area contributed by atoms with Crippen molar-refractivity contribution in [3.8, 4) is 11.4 Å². The number of aromatic nitrogens is 4. The maximum Gasteiger partial charge on any atom is 0.255 e. The van der Waals surface area contributed by atoms with Crippen molar-refractivity contribution >= 4 is 5.91 Å². The summed E-state index contributed by atoms with van der Waals surface area (Å²) < 4.78 is 24.9. The molecule has 0 spiro atoms. The summed E-state index contributed by atoms with van der Waals surface area (Å²) >= 11 is 0. The Kier molecular flexibility index (Phi) is 4.88. The minimum Gasteiger partial charge on any atom is -0.395 e. The number of nitrogens with one attached hydrogen (secondary N) is 1. The summed E-state index contributed by atoms with van der Waals surface area (Å²) in [6.07, 6.45) is -2.65. The second-order valence-electron chi connectivity index (χ2n) is 4.18. The van der Waals surface area contributed by atoms with Crippen LogP contribution in [0.2, 0.25) is 0 Å². The van der Waals surface area contributed by atoms with Gasteiger partial charge in [-0.25, -0.2) is 8.78 Å². The van der Waals surface area contributed by atoms with E-state index in [1.54, 1.807) is 12.1 Å². The van der Waals surface area contributed by atoms with Crippen LogP contribution in [0.15, 0.2) is 24.3 Å². The lowest BCUT2D eigenvalue weighted by Gasteiger charge is -2.21. The van der Waals surface area contributed by atoms with Crippen LogP contribution >= 0.6 is 0 Å². The van der Waals surface area contributed by atoms with E-state index in [9.17, 15) is 13.6 Å². The minimum absolute atomic E-state index is 0.143. The normalized spacial score (nSPS) is 10.9. The van der Waals surface area contributed by atoms with Crippen LogP contribution in [0.1, 0.15) is 10.4 Å². The molecule has 2 N–H and O–H groups in total. The van der Waals surface area contributed by atoms with Crippen molar-refractivity contribution in [1.82, 2.24) is 25.5 Å². The fraction of sp³-hybridized carbons (Fsp3) is 0.333. The Balaban J connectivity index is 2.14. The van der Waals surface area contributed by atoms with Gasteiger partial charge in [0.05, 0.1) is 13.2 Å². The number of H-pyrrole nitrogens is 1. The van der Waals surface area contributed by atoms with Crippen LogP contribution in [0.25, 0.3) is 11.4 Å². The summed E-state index contributed by atoms with van der Waals surface area (Å²) in [7, 11) is 0. The Labute approximate surface area is 118 Å². The minimum atomic E-state index is -2.65. The number of aromatic amines is 1. The van der Waals surface area contributed by atoms with Gasteiger partial charge in [-0.2, -0.15) is 5.21 Å². The van der Waals surface area contributed by atoms with E-state index in [2.05, 4.69) is 20.6 Å². The van der Waals surface area contributed by atoms with Crippen LogP contribution < -0.4 is 0 Å². The molecule has 7 nitrogen and oxygen atoms in total. The van der Waals surface area contributed by atoms with Gasteiger partial charge in [0, 0.05) is 17.7 Å². The molecule has 1 aromatic carbocycles. The number of carbonyl (C=O) groups excluding carboxylic acids is 1. The van der Waals surface area contributed by atoms with Crippen molar-refractivity contribution in [3.63, 3.8) is 0 Å². The molecule has 0 saturated heterocycles. The molecule has 21 heavy (non-hydrogen) atoms. The van der Waals surface area contributed by atoms with E-state index in [0.717, 1.165) is 4.90 Å². The Morgan fingerprint density at radius 1 is 1.33 bits per heavy atom. The summed E-state index contributed by atoms with van der Waals surface area (Å²) in [6, 6.07) is 6.17. The molecule has 0 aliphatic rings. The largest absolute Gasteiger partial charge is 0.395 e. The van der Waals surface area contributed by atoms with Crippen molar-refractivity contribution in [2.75, 3.05) is 19.7 Å². The van der Waals surface area contributed by atoms with Crippen molar-refractivity contribution in [2.24, 2.45) is 0 Å². The average Bonchev–Trinajstić information content (AvgIpc) is 3.00. The SMILES string of the molecule is O=C(c1ccc(-c2nn[nH]n2)cc1)N(CCO)CC(F)F. The molecule has 0 aliphatic carbocycles. The zero-order valence-electron chi connectivity index (χ0n) is 10.9. The highest BCUT2D eigenvalue weighted by Gasteiger charge is 2.19. The van der Waals surface area contributed by atoms with Gasteiger partial charge in [0.15, 0.2) is 0 Å². The van der Waals surface area contributed by atoms with Crippen molar-refractivity contribution < 1.29 is 18.7 Å². The Morgan fingerprint density at radius 3 is 2.57 bits per heavy atom. The fourth-order valence-corrected chi connectivity index (χ4v) is 1.79. The van der Waals surface area contributed by atoms with Gasteiger partial charge in [-0.05, 0) is 17.3 Å². The molecule has 0 bridgehead atoms. The van der Waals surface area contributed by atoms with Gasteiger partial charge in [-0.3, -0.25) is 4.79 Å². The molecule has 2 rings (SSSR count). The summed E-state index contributed by atoms with van der Waals surface area (Å²) in [5.41, 5.74) is 0.888. The second-order valence-corrected chi connectivity index (χ2v) is 4.18. The third-order valence-electron chi connectivity index (χ3n) is 2.75. The van der Waals surface area contributed by atoms with Gasteiger partial charge < -0.3 is 10.0 Å². The maximum absolute atomic E-state index is 12.4. The lowest BCUT2D eigenvalue weighted by Crippen LogP contribution is -2.37. The van der Waals surface area contributed by atoms with Gasteiger partial charge in [-0.1, -0.05) is 12.1 Å². The summed E-state index contributed by atoms with van der Waals surface area (Å²) in [6.45, 7) is -1.23. The van der Waals surface area contributed by atoms with E-state index in [1.807, 2.05) is 0 Å². The van der Waals surface area contributed by atoms with Gasteiger partial charge in [0.25, 0.3) is 12.3 Å². The van der Waals surface area contributed by atoms with Gasteiger partial charge >= 0.3 is 0 Å². The molecule has 0 atom stereocenters. The number of aliphatic hydroxyl groups excluding tert-OH is 1. The van der Waals surface area contributed by atoms with E-state index in [1.165, 1.54) is 12.1 Å². The van der Waals surface area contributed by atoms with Crippen LogP contribution in [0.3, 0.4) is 0 Å². The number of aliphatic hydroxyl groups is 1. The molecule has 0 fully saturated rings. The Hall–Kier alpha value is -2.42. The molecular formula is C12H13F2N5O2. The number of alkyl halides is 2. The lowest BCUT2D eigenvalue weighted by molar-refractivity contribution is 0.0509. The number of hydrogen-bond acceptors (Lipinski definition) is 5. The van der Waals surface area contributed by atoms with E-state index in [4.69, 9.17) is 5.11 Å². The quantitative estimate of drug-likeness (QED) is 0.812. The first kappa shape index (κ1) is 15.0. The molecular weight excluding hydrogens is 284 g/mol. The zero-order chi connectivity index (χ0) is 15.2. The topological polar surface area (TPSA) is 95.0 Å². The highest BCUT2D eigenvalue weighted by molar-refractivity contribution is 5.94. The summed E-state index contributed by atoms with van der Waals surface area (Å²) in [4.78, 5) is 13.0. The van der Waals surface area contributed by atoms with E-state index >= 15 is 0 Å². The molecule has 0 unspecified atom stereocenters. The average molecular weight is 297 g/mol. The van der Waals surface area contributed by atoms with Crippen molar-refractivity contribution in [3.05, 3.63) is 29.8 Å². The maximum atomic E-state index is 12.4. The number of nitrogens with zero attached hydrogens (tertiary/aromatic N) is 4. The highest BCUT2D eigenvalue weighted by Crippen LogP contribution is 2.15. The van der Waals surface area contributed by atoms with E-state index < -0.39 is 18.9 Å². The predicted octanol–water partition coefficient (Wildman–Crippen LogP) is 0.566. The highest BCUT2D eigenvalue weighted by atomic mass is 19.3. The van der Waals surface area contributed by atoms with Gasteiger partial charge in [0.2, 0.25) is 5.82 Å². The standard InChI is InChI=1S/C12H13F2N5O2/c13-10(14)7-19(5-6-20)12(21)9-3-1-8(2-4-9)11-15-17-18-16-11/h1-4,10,20H,5-7H2,(H,15,16,17,18). The number of carbonyl (C=O) groups is 1. The van der Waals surface area contributed by atoms with Crippen LogP contribution in [-0.2, 0) is 0 Å². The zero-order valence-corrected chi connectivity index (χ0v) is 10.9. The number of tetrazole rings is 1. The fourth-order valence-electron chi connectivity index (χ4n) is 1.79. The van der Waals surface area contributed by atoms with Crippen LogP contribution in [-0.4, -0.2) is 62.7 Å². The molecule has 1 aromatic heterocycles. The second kappa shape index (κ2) is 6.84. The third-order valence-corrected chi connectivity index (χ3v) is 2.75. The Bertz CT molecular complexity index is 574. The monoisotopic (exact) mass is 297 g/mol. The van der Waals surface area contributed by atoms with Gasteiger partial charge in [0.1, 0.15) is 0 Å². The number of amides is 1. The molecule has 112 valence electrons. The summed E-state index contributed by atoms with van der Waals surface area (Å²) in [5, 5.41) is 22.2. The summed E-state index contributed by atoms with van der Waals surface area (Å²) in [5.74, 6) is -0.196. The van der Waals surface area contributed by atoms with E-state index in [-0.39, 0.29) is 18.7 Å². The number of benzene rings is 1. The molecule has 2 aromatic rings. The number of hydrogen-bond donors (Lipinski definition) is 2. The molecule has 0 aliphatic heterocycles. The van der Waals surface area contributed by atoms with Crippen LogP contribution in [0, 0.1) is 0 Å². The van der Waals surface area contributed by atoms with Crippen molar-refractivity contribution in [1.29, 1.82) is 0 Å². The smallest absolute Gasteiger partial charge is 0.255 e. The Morgan fingerprint density at radius 2 is 2.05 bits per heavy atom. The van der Waals surface area contributed by atoms with Gasteiger partial charge in [-0.15, -0.1) is 10.2 Å². The first-order valence-corrected chi connectivity index (χ1v) is 6.14. The first-order valence-electron chi connectivity index (χ1n) is 6.14. The molecule has 1 heterocycles.